The van der Waals surface area contributed by atoms with Crippen LogP contribution in [0.2, 0.25) is 5.02 Å². The third-order valence-corrected chi connectivity index (χ3v) is 4.98. The van der Waals surface area contributed by atoms with Crippen molar-refractivity contribution in [3.63, 3.8) is 0 Å². The van der Waals surface area contributed by atoms with Crippen LogP contribution in [0, 0.1) is 6.92 Å². The summed E-state index contributed by atoms with van der Waals surface area (Å²) in [6, 6.07) is 10.6. The van der Waals surface area contributed by atoms with Crippen molar-refractivity contribution in [2.75, 3.05) is 7.11 Å². The Kier molecular flexibility index (Phi) is 5.01. The Labute approximate surface area is 154 Å². The third kappa shape index (κ3) is 3.65. The van der Waals surface area contributed by atoms with Crippen molar-refractivity contribution in [3.05, 3.63) is 57.5 Å². The van der Waals surface area contributed by atoms with Crippen molar-refractivity contribution in [1.29, 1.82) is 0 Å². The summed E-state index contributed by atoms with van der Waals surface area (Å²) in [5.41, 5.74) is 2.00. The highest BCUT2D eigenvalue weighted by atomic mass is 35.5. The van der Waals surface area contributed by atoms with Gasteiger partial charge in [0.25, 0.3) is 5.91 Å². The van der Waals surface area contributed by atoms with E-state index in [1.165, 1.54) is 18.9 Å². The summed E-state index contributed by atoms with van der Waals surface area (Å²) < 4.78 is 5.08. The molecule has 1 saturated heterocycles. The zero-order valence-electron chi connectivity index (χ0n) is 13.5. The number of amidine groups is 1. The van der Waals surface area contributed by atoms with Crippen molar-refractivity contribution < 1.29 is 14.6 Å². The number of carbonyl (C=O) groups excluding carboxylic acids is 1. The largest absolute Gasteiger partial charge is 0.504 e. The van der Waals surface area contributed by atoms with Gasteiger partial charge in [-0.3, -0.25) is 4.79 Å². The molecule has 2 N–H and O–H groups in total. The molecule has 1 fully saturated rings. The normalized spacial score (nSPS) is 17.2. The van der Waals surface area contributed by atoms with Gasteiger partial charge in [0.15, 0.2) is 16.7 Å². The number of hydrogen-bond donors (Lipinski definition) is 2. The van der Waals surface area contributed by atoms with E-state index < -0.39 is 0 Å². The second-order valence-corrected chi connectivity index (χ2v) is 6.70. The Balaban J connectivity index is 1.90. The van der Waals surface area contributed by atoms with Crippen molar-refractivity contribution in [2.45, 2.75) is 6.92 Å². The summed E-state index contributed by atoms with van der Waals surface area (Å²) in [6.45, 7) is 1.89. The molecule has 1 amide bonds. The Hall–Kier alpha value is -2.44. The van der Waals surface area contributed by atoms with Gasteiger partial charge in [-0.15, -0.1) is 0 Å². The van der Waals surface area contributed by atoms with Crippen molar-refractivity contribution in [2.24, 2.45) is 4.99 Å². The van der Waals surface area contributed by atoms with Gasteiger partial charge in [0, 0.05) is 5.56 Å². The molecular formula is C18H15ClN2O3S. The molecule has 0 saturated carbocycles. The molecule has 0 atom stereocenters. The maximum absolute atomic E-state index is 12.2. The lowest BCUT2D eigenvalue weighted by molar-refractivity contribution is -0.115. The summed E-state index contributed by atoms with van der Waals surface area (Å²) in [5, 5.41) is 13.8. The van der Waals surface area contributed by atoms with Crippen LogP contribution >= 0.6 is 23.4 Å². The van der Waals surface area contributed by atoms with Crippen LogP contribution in [-0.2, 0) is 4.79 Å². The zero-order valence-corrected chi connectivity index (χ0v) is 15.1. The molecule has 0 aromatic heterocycles. The van der Waals surface area contributed by atoms with Crippen molar-refractivity contribution in [3.8, 4) is 11.5 Å². The van der Waals surface area contributed by atoms with Gasteiger partial charge in [-0.05, 0) is 42.5 Å². The number of nitrogens with one attached hydrogen (secondary N) is 1. The number of methoxy groups -OCH3 is 1. The number of thioether (sulfide) groups is 1. The van der Waals surface area contributed by atoms with Crippen LogP contribution in [0.5, 0.6) is 11.5 Å². The Morgan fingerprint density at radius 1 is 1.28 bits per heavy atom. The number of halogens is 1. The average molecular weight is 375 g/mol. The van der Waals surface area contributed by atoms with Gasteiger partial charge < -0.3 is 15.2 Å². The number of phenolic OH excluding ortho intramolecular Hbond substituents is 1. The number of rotatable bonds is 3. The summed E-state index contributed by atoms with van der Waals surface area (Å²) >= 11 is 7.42. The fourth-order valence-corrected chi connectivity index (χ4v) is 3.26. The first-order valence-electron chi connectivity index (χ1n) is 7.40. The molecule has 1 heterocycles. The Morgan fingerprint density at radius 3 is 2.80 bits per heavy atom. The van der Waals surface area contributed by atoms with E-state index in [-0.39, 0.29) is 11.7 Å². The lowest BCUT2D eigenvalue weighted by Gasteiger charge is -2.05. The molecule has 0 radical (unpaired) electrons. The van der Waals surface area contributed by atoms with Crippen LogP contribution < -0.4 is 10.1 Å². The van der Waals surface area contributed by atoms with Crippen LogP contribution in [0.1, 0.15) is 11.1 Å². The highest BCUT2D eigenvalue weighted by Crippen LogP contribution is 2.35. The van der Waals surface area contributed by atoms with E-state index in [2.05, 4.69) is 10.3 Å². The van der Waals surface area contributed by atoms with E-state index in [0.29, 0.717) is 32.1 Å². The Morgan fingerprint density at radius 2 is 2.04 bits per heavy atom. The number of benzene rings is 2. The van der Waals surface area contributed by atoms with Gasteiger partial charge in [-0.2, -0.15) is 0 Å². The molecule has 128 valence electrons. The minimum Gasteiger partial charge on any atom is -0.504 e. The molecule has 0 unspecified atom stereocenters. The number of amides is 1. The van der Waals surface area contributed by atoms with E-state index in [9.17, 15) is 9.90 Å². The number of phenols is 1. The maximum Gasteiger partial charge on any atom is 0.264 e. The lowest BCUT2D eigenvalue weighted by Crippen LogP contribution is -2.19. The van der Waals surface area contributed by atoms with Gasteiger partial charge >= 0.3 is 0 Å². The molecule has 1 aliphatic heterocycles. The van der Waals surface area contributed by atoms with E-state index in [1.807, 2.05) is 19.1 Å². The summed E-state index contributed by atoms with van der Waals surface area (Å²) in [5.74, 6) is 0.0472. The minimum absolute atomic E-state index is 0.0157. The number of aryl methyl sites for hydroxylation is 1. The molecule has 3 rings (SSSR count). The predicted molar refractivity (Wildman–Crippen MR) is 102 cm³/mol. The second-order valence-electron chi connectivity index (χ2n) is 5.29. The third-order valence-electron chi connectivity index (χ3n) is 3.58. The first kappa shape index (κ1) is 17.4. The second kappa shape index (κ2) is 7.21. The van der Waals surface area contributed by atoms with Crippen LogP contribution in [0.3, 0.4) is 0 Å². The number of aliphatic imine (C=N–C) groups is 1. The number of para-hydroxylation sites is 1. The smallest absolute Gasteiger partial charge is 0.264 e. The van der Waals surface area contributed by atoms with Gasteiger partial charge in [0.05, 0.1) is 22.7 Å². The van der Waals surface area contributed by atoms with Gasteiger partial charge in [0.1, 0.15) is 0 Å². The number of hydrogen-bond acceptors (Lipinski definition) is 5. The van der Waals surface area contributed by atoms with Gasteiger partial charge in [0.2, 0.25) is 0 Å². The molecule has 0 aliphatic carbocycles. The molecular weight excluding hydrogens is 360 g/mol. The molecule has 0 spiro atoms. The topological polar surface area (TPSA) is 70.9 Å². The maximum atomic E-state index is 12.2. The van der Waals surface area contributed by atoms with Crippen LogP contribution in [0.4, 0.5) is 5.69 Å². The van der Waals surface area contributed by atoms with Gasteiger partial charge in [-0.1, -0.05) is 35.9 Å². The molecule has 1 aliphatic rings. The van der Waals surface area contributed by atoms with Crippen LogP contribution in [0.15, 0.2) is 46.3 Å². The number of carbonyl (C=O) groups is 1. The van der Waals surface area contributed by atoms with E-state index >= 15 is 0 Å². The number of ether oxygens (including phenoxy) is 1. The van der Waals surface area contributed by atoms with E-state index in [4.69, 9.17) is 16.3 Å². The van der Waals surface area contributed by atoms with Crippen LogP contribution in [0.25, 0.3) is 6.08 Å². The lowest BCUT2D eigenvalue weighted by atomic mass is 10.1. The molecule has 0 bridgehead atoms. The SMILES string of the molecule is COc1cccc(/C=C2\SC(=Nc3cccc(C)c3Cl)NC2=O)c1O. The van der Waals surface area contributed by atoms with Crippen molar-refractivity contribution in [1.82, 2.24) is 5.32 Å². The summed E-state index contributed by atoms with van der Waals surface area (Å²) in [6.07, 6.45) is 1.60. The summed E-state index contributed by atoms with van der Waals surface area (Å²) in [7, 11) is 1.47. The standard InChI is InChI=1S/C18H15ClN2O3S/c1-10-5-3-7-12(15(10)19)20-18-21-17(23)14(25-18)9-11-6-4-8-13(24-2)16(11)22/h3-9,22H,1-2H3,(H,20,21,23)/b14-9-. The first-order valence-corrected chi connectivity index (χ1v) is 8.59. The quantitative estimate of drug-likeness (QED) is 0.788. The Bertz CT molecular complexity index is 909. The van der Waals surface area contributed by atoms with E-state index in [1.54, 1.807) is 30.3 Å². The fraction of sp³-hybridized carbons (Fsp3) is 0.111. The van der Waals surface area contributed by atoms with E-state index in [0.717, 1.165) is 5.56 Å². The number of nitrogens with zero attached hydrogens (tertiary/aromatic N) is 1. The summed E-state index contributed by atoms with van der Waals surface area (Å²) in [4.78, 5) is 17.0. The molecule has 5 nitrogen and oxygen atoms in total. The fourth-order valence-electron chi connectivity index (χ4n) is 2.27. The van der Waals surface area contributed by atoms with Gasteiger partial charge in [-0.25, -0.2) is 4.99 Å². The predicted octanol–water partition coefficient (Wildman–Crippen LogP) is 4.25. The highest BCUT2D eigenvalue weighted by molar-refractivity contribution is 8.18. The first-order chi connectivity index (χ1) is 12.0. The average Bonchev–Trinajstić information content (AvgIpc) is 2.93. The van der Waals surface area contributed by atoms with Crippen molar-refractivity contribution >= 4 is 46.2 Å². The zero-order chi connectivity index (χ0) is 18.0. The number of aromatic hydroxyl groups is 1. The molecule has 2 aromatic carbocycles. The monoisotopic (exact) mass is 374 g/mol. The highest BCUT2D eigenvalue weighted by Gasteiger charge is 2.24. The van der Waals surface area contributed by atoms with Crippen LogP contribution in [-0.4, -0.2) is 23.3 Å². The molecule has 7 heteroatoms. The molecule has 2 aromatic rings. The molecule has 25 heavy (non-hydrogen) atoms. The minimum atomic E-state index is -0.283.